The number of ether oxygens (including phenoxy) is 2. The first-order chi connectivity index (χ1) is 8.64. The highest BCUT2D eigenvalue weighted by Crippen LogP contribution is 2.41. The largest absolute Gasteiger partial charge is 0.473 e. The molecule has 2 aliphatic rings. The molecule has 1 aromatic rings. The predicted molar refractivity (Wildman–Crippen MR) is 67.1 cm³/mol. The number of anilines is 1. The number of fused-ring (bicyclic) bond motifs is 1. The summed E-state index contributed by atoms with van der Waals surface area (Å²) in [7, 11) is 1.32. The SMILES string of the molecule is COC(=O)c1ccc2c(c1)NC(=O)C1(CSC1)O2. The van der Waals surface area contributed by atoms with E-state index in [1.54, 1.807) is 30.0 Å². The van der Waals surface area contributed by atoms with Gasteiger partial charge in [-0.2, -0.15) is 11.8 Å². The molecular formula is C12H11NO4S. The van der Waals surface area contributed by atoms with E-state index in [1.165, 1.54) is 7.11 Å². The van der Waals surface area contributed by atoms with Gasteiger partial charge in [-0.15, -0.1) is 0 Å². The van der Waals surface area contributed by atoms with Crippen molar-refractivity contribution in [2.75, 3.05) is 23.9 Å². The topological polar surface area (TPSA) is 64.6 Å². The molecule has 2 heterocycles. The van der Waals surface area contributed by atoms with E-state index in [1.807, 2.05) is 0 Å². The summed E-state index contributed by atoms with van der Waals surface area (Å²) in [6.45, 7) is 0. The molecule has 5 nitrogen and oxygen atoms in total. The van der Waals surface area contributed by atoms with Gasteiger partial charge in [-0.05, 0) is 18.2 Å². The van der Waals surface area contributed by atoms with Crippen molar-refractivity contribution < 1.29 is 19.1 Å². The fraction of sp³-hybridized carbons (Fsp3) is 0.333. The molecule has 1 N–H and O–H groups in total. The van der Waals surface area contributed by atoms with Gasteiger partial charge in [0.25, 0.3) is 5.91 Å². The fourth-order valence-corrected chi connectivity index (χ4v) is 2.89. The summed E-state index contributed by atoms with van der Waals surface area (Å²) in [6, 6.07) is 4.88. The van der Waals surface area contributed by atoms with Crippen LogP contribution in [0.15, 0.2) is 18.2 Å². The number of carbonyl (C=O) groups excluding carboxylic acids is 2. The number of methoxy groups -OCH3 is 1. The average molecular weight is 265 g/mol. The van der Waals surface area contributed by atoms with Crippen molar-refractivity contribution in [3.63, 3.8) is 0 Å². The van der Waals surface area contributed by atoms with E-state index < -0.39 is 11.6 Å². The Morgan fingerprint density at radius 3 is 2.89 bits per heavy atom. The summed E-state index contributed by atoms with van der Waals surface area (Å²) in [5, 5.41) is 2.79. The highest BCUT2D eigenvalue weighted by molar-refractivity contribution is 8.01. The Kier molecular flexibility index (Phi) is 2.48. The predicted octanol–water partition coefficient (Wildman–Crippen LogP) is 1.29. The Morgan fingerprint density at radius 1 is 1.50 bits per heavy atom. The molecule has 1 amide bonds. The quantitative estimate of drug-likeness (QED) is 0.775. The Labute approximate surface area is 108 Å². The van der Waals surface area contributed by atoms with Gasteiger partial charge in [0.15, 0.2) is 0 Å². The van der Waals surface area contributed by atoms with E-state index in [-0.39, 0.29) is 5.91 Å². The van der Waals surface area contributed by atoms with Crippen LogP contribution in [0, 0.1) is 0 Å². The van der Waals surface area contributed by atoms with E-state index in [0.717, 1.165) is 0 Å². The second-order valence-electron chi connectivity index (χ2n) is 4.25. The van der Waals surface area contributed by atoms with Gasteiger partial charge in [0, 0.05) is 11.5 Å². The third kappa shape index (κ3) is 1.56. The van der Waals surface area contributed by atoms with Crippen LogP contribution < -0.4 is 10.1 Å². The number of hydrogen-bond donors (Lipinski definition) is 1. The molecule has 0 bridgehead atoms. The van der Waals surface area contributed by atoms with Crippen LogP contribution in [-0.4, -0.2) is 36.1 Å². The second kappa shape index (κ2) is 3.91. The zero-order valence-electron chi connectivity index (χ0n) is 9.69. The zero-order valence-corrected chi connectivity index (χ0v) is 10.5. The minimum atomic E-state index is -0.718. The van der Waals surface area contributed by atoms with Crippen LogP contribution in [-0.2, 0) is 9.53 Å². The van der Waals surface area contributed by atoms with Crippen molar-refractivity contribution in [3.8, 4) is 5.75 Å². The molecule has 0 saturated carbocycles. The first-order valence-electron chi connectivity index (χ1n) is 5.45. The highest BCUT2D eigenvalue weighted by atomic mass is 32.2. The van der Waals surface area contributed by atoms with Crippen LogP contribution >= 0.6 is 11.8 Å². The summed E-state index contributed by atoms with van der Waals surface area (Å²) in [6.07, 6.45) is 0. The van der Waals surface area contributed by atoms with Gasteiger partial charge in [-0.3, -0.25) is 4.79 Å². The summed E-state index contributed by atoms with van der Waals surface area (Å²) >= 11 is 1.67. The van der Waals surface area contributed by atoms with Crippen molar-refractivity contribution in [2.24, 2.45) is 0 Å². The number of carbonyl (C=O) groups is 2. The van der Waals surface area contributed by atoms with Gasteiger partial charge < -0.3 is 14.8 Å². The first-order valence-corrected chi connectivity index (χ1v) is 6.61. The molecule has 18 heavy (non-hydrogen) atoms. The average Bonchev–Trinajstić information content (AvgIpc) is 2.34. The molecule has 1 aromatic carbocycles. The minimum absolute atomic E-state index is 0.143. The summed E-state index contributed by atoms with van der Waals surface area (Å²) in [5.41, 5.74) is 0.189. The lowest BCUT2D eigenvalue weighted by atomic mass is 10.0. The smallest absolute Gasteiger partial charge is 0.337 e. The van der Waals surface area contributed by atoms with Crippen LogP contribution in [0.2, 0.25) is 0 Å². The first kappa shape index (κ1) is 11.4. The fourth-order valence-electron chi connectivity index (χ4n) is 1.93. The van der Waals surface area contributed by atoms with Gasteiger partial charge >= 0.3 is 5.97 Å². The number of rotatable bonds is 1. The van der Waals surface area contributed by atoms with Crippen LogP contribution in [0.4, 0.5) is 5.69 Å². The molecule has 94 valence electrons. The summed E-state index contributed by atoms with van der Waals surface area (Å²) in [4.78, 5) is 23.3. The van der Waals surface area contributed by atoms with Gasteiger partial charge in [0.2, 0.25) is 5.60 Å². The maximum atomic E-state index is 11.9. The number of benzene rings is 1. The molecule has 6 heteroatoms. The van der Waals surface area contributed by atoms with Gasteiger partial charge in [0.1, 0.15) is 5.75 Å². The summed E-state index contributed by atoms with van der Waals surface area (Å²) in [5.74, 6) is 1.35. The third-order valence-corrected chi connectivity index (χ3v) is 4.38. The van der Waals surface area contributed by atoms with Crippen LogP contribution in [0.5, 0.6) is 5.75 Å². The normalized spacial score (nSPS) is 19.3. The molecule has 0 aromatic heterocycles. The van der Waals surface area contributed by atoms with Crippen molar-refractivity contribution >= 4 is 29.3 Å². The van der Waals surface area contributed by atoms with Gasteiger partial charge in [-0.25, -0.2) is 4.79 Å². The lowest BCUT2D eigenvalue weighted by Gasteiger charge is -2.42. The number of esters is 1. The van der Waals surface area contributed by atoms with E-state index in [0.29, 0.717) is 28.5 Å². The zero-order chi connectivity index (χ0) is 12.8. The van der Waals surface area contributed by atoms with E-state index in [4.69, 9.17) is 4.74 Å². The maximum Gasteiger partial charge on any atom is 0.337 e. The molecule has 2 aliphatic heterocycles. The van der Waals surface area contributed by atoms with E-state index >= 15 is 0 Å². The lowest BCUT2D eigenvalue weighted by molar-refractivity contribution is -0.129. The molecule has 3 rings (SSSR count). The van der Waals surface area contributed by atoms with Gasteiger partial charge in [-0.1, -0.05) is 0 Å². The molecule has 1 fully saturated rings. The number of amides is 1. The van der Waals surface area contributed by atoms with Crippen LogP contribution in [0.3, 0.4) is 0 Å². The Hall–Kier alpha value is -1.69. The standard InChI is InChI=1S/C12H11NO4S/c1-16-10(14)7-2-3-9-8(4-7)13-11(15)12(17-9)5-18-6-12/h2-4H,5-6H2,1H3,(H,13,15). The maximum absolute atomic E-state index is 11.9. The molecule has 1 spiro atoms. The van der Waals surface area contributed by atoms with Crippen LogP contribution in [0.25, 0.3) is 0 Å². The lowest BCUT2D eigenvalue weighted by Crippen LogP contribution is -2.60. The summed E-state index contributed by atoms with van der Waals surface area (Å²) < 4.78 is 10.4. The van der Waals surface area contributed by atoms with Crippen LogP contribution in [0.1, 0.15) is 10.4 Å². The monoisotopic (exact) mass is 265 g/mol. The van der Waals surface area contributed by atoms with Crippen molar-refractivity contribution in [1.82, 2.24) is 0 Å². The highest BCUT2D eigenvalue weighted by Gasteiger charge is 2.50. The van der Waals surface area contributed by atoms with E-state index in [9.17, 15) is 9.59 Å². The molecule has 0 aliphatic carbocycles. The minimum Gasteiger partial charge on any atom is -0.473 e. The Balaban J connectivity index is 1.95. The van der Waals surface area contributed by atoms with Gasteiger partial charge in [0.05, 0.1) is 18.4 Å². The van der Waals surface area contributed by atoms with Crippen molar-refractivity contribution in [3.05, 3.63) is 23.8 Å². The molecule has 0 unspecified atom stereocenters. The number of nitrogens with one attached hydrogen (secondary N) is 1. The van der Waals surface area contributed by atoms with E-state index in [2.05, 4.69) is 10.1 Å². The molecule has 0 atom stereocenters. The molecule has 1 saturated heterocycles. The molecule has 0 radical (unpaired) electrons. The van der Waals surface area contributed by atoms with Crippen molar-refractivity contribution in [1.29, 1.82) is 0 Å². The second-order valence-corrected chi connectivity index (χ2v) is 5.23. The number of hydrogen-bond acceptors (Lipinski definition) is 5. The molecular weight excluding hydrogens is 254 g/mol. The van der Waals surface area contributed by atoms with Crippen molar-refractivity contribution in [2.45, 2.75) is 5.60 Å². The Bertz CT molecular complexity index is 539. The number of thioether (sulfide) groups is 1. The Morgan fingerprint density at radius 2 is 2.28 bits per heavy atom. The third-order valence-electron chi connectivity index (χ3n) is 3.04.